The maximum Gasteiger partial charge on any atom is 0.306 e. The summed E-state index contributed by atoms with van der Waals surface area (Å²) in [6.45, 7) is 0.788. The van der Waals surface area contributed by atoms with Crippen LogP contribution in [0.15, 0.2) is 0 Å². The van der Waals surface area contributed by atoms with Crippen molar-refractivity contribution in [3.8, 4) is 0 Å². The molecule has 0 saturated carbocycles. The molecule has 0 aromatic heterocycles. The molecule has 0 saturated heterocycles. The summed E-state index contributed by atoms with van der Waals surface area (Å²) in [5.74, 6) is 0.0344. The number of esters is 2. The van der Waals surface area contributed by atoms with Gasteiger partial charge in [0, 0.05) is 11.8 Å². The fourth-order valence-electron chi connectivity index (χ4n) is 1.05. The molecule has 0 N–H and O–H groups in total. The Hall–Kier alpha value is -0.480. The number of halogens is 2. The number of carbonyl (C=O) groups excluding carboxylic acids is 2. The predicted octanol–water partition coefficient (Wildman–Crippen LogP) is 2.50. The molecule has 0 aliphatic heterocycles. The van der Waals surface area contributed by atoms with Crippen LogP contribution in [0.2, 0.25) is 0 Å². The van der Waals surface area contributed by atoms with Crippen molar-refractivity contribution in [1.29, 1.82) is 0 Å². The first kappa shape index (κ1) is 16.5. The minimum atomic E-state index is -0.270. The third-order valence-electron chi connectivity index (χ3n) is 1.91. The molecule has 0 aliphatic rings. The summed E-state index contributed by atoms with van der Waals surface area (Å²) in [4.78, 5) is 21.8. The van der Waals surface area contributed by atoms with Crippen LogP contribution in [-0.4, -0.2) is 36.9 Å². The van der Waals surface area contributed by atoms with E-state index >= 15 is 0 Å². The topological polar surface area (TPSA) is 52.6 Å². The highest BCUT2D eigenvalue weighted by molar-refractivity contribution is 6.19. The Balaban J connectivity index is 3.18. The van der Waals surface area contributed by atoms with Gasteiger partial charge in [0.1, 0.15) is 0 Å². The molecule has 0 radical (unpaired) electrons. The van der Waals surface area contributed by atoms with E-state index in [-0.39, 0.29) is 36.5 Å². The highest BCUT2D eigenvalue weighted by Crippen LogP contribution is 1.99. The van der Waals surface area contributed by atoms with Crippen molar-refractivity contribution in [2.75, 3.05) is 25.0 Å². The Morgan fingerprint density at radius 2 is 1.18 bits per heavy atom. The molecule has 17 heavy (non-hydrogen) atoms. The average molecular weight is 285 g/mol. The summed E-state index contributed by atoms with van der Waals surface area (Å²) in [5.41, 5.74) is 0. The number of alkyl halides is 2. The second kappa shape index (κ2) is 12.0. The zero-order valence-electron chi connectivity index (χ0n) is 9.75. The second-order valence-corrected chi connectivity index (χ2v) is 4.14. The summed E-state index contributed by atoms with van der Waals surface area (Å²) in [7, 11) is 0. The minimum Gasteiger partial charge on any atom is -0.466 e. The molecular weight excluding hydrogens is 267 g/mol. The first-order valence-electron chi connectivity index (χ1n) is 5.64. The van der Waals surface area contributed by atoms with Gasteiger partial charge in [-0.25, -0.2) is 0 Å². The van der Waals surface area contributed by atoms with Crippen LogP contribution in [0.4, 0.5) is 0 Å². The van der Waals surface area contributed by atoms with Crippen LogP contribution in [0.1, 0.15) is 32.1 Å². The lowest BCUT2D eigenvalue weighted by Gasteiger charge is -2.04. The van der Waals surface area contributed by atoms with Gasteiger partial charge < -0.3 is 9.47 Å². The molecule has 0 rings (SSSR count). The van der Waals surface area contributed by atoms with Crippen molar-refractivity contribution < 1.29 is 19.1 Å². The molecule has 0 unspecified atom stereocenters. The van der Waals surface area contributed by atoms with Crippen LogP contribution in [0, 0.1) is 0 Å². The molecule has 100 valence electrons. The largest absolute Gasteiger partial charge is 0.466 e. The van der Waals surface area contributed by atoms with Crippen molar-refractivity contribution in [1.82, 2.24) is 0 Å². The van der Waals surface area contributed by atoms with Crippen molar-refractivity contribution in [3.05, 3.63) is 0 Å². The molecule has 0 aromatic rings. The SMILES string of the molecule is O=C(CCCl)OCCCCCOC(=O)CCCl. The van der Waals surface area contributed by atoms with Crippen molar-refractivity contribution in [3.63, 3.8) is 0 Å². The van der Waals surface area contributed by atoms with Gasteiger partial charge in [-0.2, -0.15) is 0 Å². The molecule has 0 fully saturated rings. The van der Waals surface area contributed by atoms with E-state index in [1.807, 2.05) is 0 Å². The normalized spacial score (nSPS) is 10.0. The highest BCUT2D eigenvalue weighted by atomic mass is 35.5. The monoisotopic (exact) mass is 284 g/mol. The summed E-state index contributed by atoms with van der Waals surface area (Å²) >= 11 is 10.7. The summed E-state index contributed by atoms with van der Waals surface area (Å²) in [6, 6.07) is 0. The van der Waals surface area contributed by atoms with Gasteiger partial charge in [0.15, 0.2) is 0 Å². The van der Waals surface area contributed by atoms with E-state index < -0.39 is 0 Å². The molecule has 0 aromatic carbocycles. The molecule has 4 nitrogen and oxygen atoms in total. The van der Waals surface area contributed by atoms with E-state index in [1.54, 1.807) is 0 Å². The molecule has 6 heteroatoms. The van der Waals surface area contributed by atoms with E-state index in [1.165, 1.54) is 0 Å². The maximum absolute atomic E-state index is 10.9. The van der Waals surface area contributed by atoms with E-state index in [4.69, 9.17) is 32.7 Å². The Morgan fingerprint density at radius 3 is 1.53 bits per heavy atom. The van der Waals surface area contributed by atoms with Crippen molar-refractivity contribution in [2.45, 2.75) is 32.1 Å². The predicted molar refractivity (Wildman–Crippen MR) is 66.4 cm³/mol. The Bertz CT molecular complexity index is 200. The third kappa shape index (κ3) is 11.8. The van der Waals surface area contributed by atoms with Crippen molar-refractivity contribution in [2.24, 2.45) is 0 Å². The van der Waals surface area contributed by atoms with Gasteiger partial charge in [0.25, 0.3) is 0 Å². The molecule has 0 bridgehead atoms. The summed E-state index contributed by atoms with van der Waals surface area (Å²) < 4.78 is 9.80. The molecular formula is C11H18Cl2O4. The first-order chi connectivity index (χ1) is 8.20. The van der Waals surface area contributed by atoms with Gasteiger partial charge in [0.05, 0.1) is 26.1 Å². The van der Waals surface area contributed by atoms with Crippen molar-refractivity contribution >= 4 is 35.1 Å². The molecule has 0 spiro atoms. The summed E-state index contributed by atoms with van der Waals surface area (Å²) in [6.07, 6.45) is 2.87. The van der Waals surface area contributed by atoms with Gasteiger partial charge in [-0.05, 0) is 19.3 Å². The van der Waals surface area contributed by atoms with Gasteiger partial charge in [-0.1, -0.05) is 0 Å². The van der Waals surface area contributed by atoms with Crippen LogP contribution in [0.5, 0.6) is 0 Å². The average Bonchev–Trinajstić information content (AvgIpc) is 2.28. The van der Waals surface area contributed by atoms with Crippen LogP contribution in [0.25, 0.3) is 0 Å². The van der Waals surface area contributed by atoms with Gasteiger partial charge in [0.2, 0.25) is 0 Å². The first-order valence-corrected chi connectivity index (χ1v) is 6.70. The summed E-state index contributed by atoms with van der Waals surface area (Å²) in [5, 5.41) is 0. The van der Waals surface area contributed by atoms with Crippen LogP contribution >= 0.6 is 23.2 Å². The quantitative estimate of drug-likeness (QED) is 0.351. The highest BCUT2D eigenvalue weighted by Gasteiger charge is 2.02. The van der Waals surface area contributed by atoms with E-state index in [0.717, 1.165) is 19.3 Å². The molecule has 0 atom stereocenters. The van der Waals surface area contributed by atoms with Crippen LogP contribution < -0.4 is 0 Å². The Kier molecular flexibility index (Phi) is 11.7. The number of carbonyl (C=O) groups is 2. The molecule has 0 aliphatic carbocycles. The number of unbranched alkanes of at least 4 members (excludes halogenated alkanes) is 2. The molecule has 0 amide bonds. The van der Waals surface area contributed by atoms with E-state index in [0.29, 0.717) is 13.2 Å². The standard InChI is InChI=1S/C11H18Cl2O4/c12-6-4-10(14)16-8-2-1-3-9-17-11(15)5-7-13/h1-9H2. The number of hydrogen-bond acceptors (Lipinski definition) is 4. The number of hydrogen-bond donors (Lipinski definition) is 0. The lowest BCUT2D eigenvalue weighted by atomic mass is 10.2. The smallest absolute Gasteiger partial charge is 0.306 e. The van der Waals surface area contributed by atoms with E-state index in [9.17, 15) is 9.59 Å². The van der Waals surface area contributed by atoms with Crippen LogP contribution in [-0.2, 0) is 19.1 Å². The van der Waals surface area contributed by atoms with Gasteiger partial charge in [-0.3, -0.25) is 9.59 Å². The maximum atomic E-state index is 10.9. The fourth-order valence-corrected chi connectivity index (χ4v) is 1.36. The minimum absolute atomic E-state index is 0.248. The van der Waals surface area contributed by atoms with Gasteiger partial charge in [-0.15, -0.1) is 23.2 Å². The number of rotatable bonds is 10. The van der Waals surface area contributed by atoms with E-state index in [2.05, 4.69) is 0 Å². The zero-order valence-corrected chi connectivity index (χ0v) is 11.3. The lowest BCUT2D eigenvalue weighted by molar-refractivity contribution is -0.143. The zero-order chi connectivity index (χ0) is 12.9. The van der Waals surface area contributed by atoms with Crippen LogP contribution in [0.3, 0.4) is 0 Å². The Morgan fingerprint density at radius 1 is 0.765 bits per heavy atom. The second-order valence-electron chi connectivity index (χ2n) is 3.38. The molecule has 0 heterocycles. The lowest BCUT2D eigenvalue weighted by Crippen LogP contribution is -2.08. The van der Waals surface area contributed by atoms with Gasteiger partial charge >= 0.3 is 11.9 Å². The fraction of sp³-hybridized carbons (Fsp3) is 0.818. The Labute approximate surface area is 112 Å². The third-order valence-corrected chi connectivity index (χ3v) is 2.29. The number of ether oxygens (including phenoxy) is 2.